The average Bonchev–Trinajstić information content (AvgIpc) is 3.72. The molecule has 3 nitrogen and oxygen atoms in total. The fourth-order valence-corrected chi connectivity index (χ4v) is 7.80. The van der Waals surface area contributed by atoms with Gasteiger partial charge in [-0.05, 0) is 102 Å². The van der Waals surface area contributed by atoms with Crippen molar-refractivity contribution in [3.63, 3.8) is 0 Å². The summed E-state index contributed by atoms with van der Waals surface area (Å²) < 4.78 is 18.6. The molecule has 2 aromatic heterocycles. The Labute approximate surface area is 300 Å². The first-order chi connectivity index (χ1) is 25.7. The summed E-state index contributed by atoms with van der Waals surface area (Å²) in [7, 11) is 0. The van der Waals surface area contributed by atoms with Crippen molar-refractivity contribution in [3.05, 3.63) is 200 Å². The van der Waals surface area contributed by atoms with Gasteiger partial charge in [0.2, 0.25) is 0 Å². The summed E-state index contributed by atoms with van der Waals surface area (Å²) >= 11 is 0. The number of para-hydroxylation sites is 3. The van der Waals surface area contributed by atoms with Gasteiger partial charge >= 0.3 is 0 Å². The number of fused-ring (bicyclic) bond motifs is 6. The van der Waals surface area contributed by atoms with Crippen LogP contribution in [0.5, 0.6) is 0 Å². The second-order valence-electron chi connectivity index (χ2n) is 13.2. The molecule has 0 saturated heterocycles. The van der Waals surface area contributed by atoms with Crippen molar-refractivity contribution in [1.29, 1.82) is 0 Å². The van der Waals surface area contributed by atoms with Gasteiger partial charge in [0.1, 0.15) is 5.82 Å². The van der Waals surface area contributed by atoms with Crippen LogP contribution in [0.3, 0.4) is 0 Å². The number of hydrogen-bond acceptors (Lipinski definition) is 1. The van der Waals surface area contributed by atoms with Crippen molar-refractivity contribution in [2.75, 3.05) is 4.90 Å². The van der Waals surface area contributed by atoms with E-state index in [1.54, 1.807) is 0 Å². The van der Waals surface area contributed by atoms with Crippen molar-refractivity contribution in [2.24, 2.45) is 0 Å². The molecule has 246 valence electrons. The second kappa shape index (κ2) is 12.1. The highest BCUT2D eigenvalue weighted by Gasteiger charge is 2.20. The highest BCUT2D eigenvalue weighted by molar-refractivity contribution is 6.12. The molecule has 0 radical (unpaired) electrons. The molecule has 0 aliphatic heterocycles. The van der Waals surface area contributed by atoms with Crippen LogP contribution in [-0.2, 0) is 0 Å². The maximum absolute atomic E-state index is 14.0. The number of hydrogen-bond donors (Lipinski definition) is 0. The summed E-state index contributed by atoms with van der Waals surface area (Å²) in [6, 6.07) is 67.2. The molecule has 2 heterocycles. The lowest BCUT2D eigenvalue weighted by Crippen LogP contribution is -2.10. The predicted octanol–water partition coefficient (Wildman–Crippen LogP) is 13.2. The largest absolute Gasteiger partial charge is 0.310 e. The molecule has 0 fully saturated rings. The standard InChI is InChI=1S/C48H32FN3/c49-35-21-25-38(26-22-35)51-46-18-10-8-16-42(46)44-31-39(28-30-47(44)51)50(37-23-19-34(20-24-37)33-11-3-1-4-12-33)40-27-29-43-41-15-7-9-17-45(41)52(48(43)32-40)36-13-5-2-6-14-36/h1-32H. The molecular formula is C48H32FN3. The van der Waals surface area contributed by atoms with Crippen LogP contribution in [0, 0.1) is 5.82 Å². The summed E-state index contributed by atoms with van der Waals surface area (Å²) in [4.78, 5) is 2.35. The van der Waals surface area contributed by atoms with E-state index in [4.69, 9.17) is 0 Å². The summed E-state index contributed by atoms with van der Waals surface area (Å²) in [5, 5.41) is 4.70. The zero-order chi connectivity index (χ0) is 34.6. The first-order valence-electron chi connectivity index (χ1n) is 17.5. The van der Waals surface area contributed by atoms with Gasteiger partial charge in [-0.25, -0.2) is 4.39 Å². The number of anilines is 3. The molecule has 0 amide bonds. The third-order valence-corrected chi connectivity index (χ3v) is 10.2. The van der Waals surface area contributed by atoms with Gasteiger partial charge in [0.25, 0.3) is 0 Å². The molecule has 0 bridgehead atoms. The molecule has 0 spiro atoms. The summed E-state index contributed by atoms with van der Waals surface area (Å²) in [6.45, 7) is 0. The molecule has 0 atom stereocenters. The Morgan fingerprint density at radius 3 is 1.52 bits per heavy atom. The Balaban J connectivity index is 1.21. The van der Waals surface area contributed by atoms with Crippen LogP contribution in [-0.4, -0.2) is 9.13 Å². The zero-order valence-electron chi connectivity index (χ0n) is 28.2. The first kappa shape index (κ1) is 30.0. The lowest BCUT2D eigenvalue weighted by atomic mass is 10.0. The predicted molar refractivity (Wildman–Crippen MR) is 215 cm³/mol. The summed E-state index contributed by atoms with van der Waals surface area (Å²) in [5.41, 5.74) is 12.0. The van der Waals surface area contributed by atoms with E-state index in [-0.39, 0.29) is 5.82 Å². The van der Waals surface area contributed by atoms with E-state index in [2.05, 4.69) is 178 Å². The van der Waals surface area contributed by atoms with Gasteiger partial charge in [0.15, 0.2) is 0 Å². The summed E-state index contributed by atoms with van der Waals surface area (Å²) in [5.74, 6) is -0.246. The maximum Gasteiger partial charge on any atom is 0.123 e. The third-order valence-electron chi connectivity index (χ3n) is 10.2. The minimum Gasteiger partial charge on any atom is -0.310 e. The molecule has 0 aliphatic rings. The Morgan fingerprint density at radius 2 is 0.808 bits per heavy atom. The minimum absolute atomic E-state index is 0.246. The van der Waals surface area contributed by atoms with Crippen LogP contribution in [0.2, 0.25) is 0 Å². The smallest absolute Gasteiger partial charge is 0.123 e. The number of benzene rings is 8. The van der Waals surface area contributed by atoms with Gasteiger partial charge in [0, 0.05) is 50.0 Å². The SMILES string of the molecule is Fc1ccc(-n2c3ccccc3c3cc(N(c4ccc(-c5ccccc5)cc4)c4ccc5c6ccccc6n(-c6ccccc6)c5c4)ccc32)cc1. The van der Waals surface area contributed by atoms with E-state index in [0.29, 0.717) is 0 Å². The number of aromatic nitrogens is 2. The van der Waals surface area contributed by atoms with Gasteiger partial charge in [-0.3, -0.25) is 0 Å². The van der Waals surface area contributed by atoms with Crippen molar-refractivity contribution in [3.8, 4) is 22.5 Å². The van der Waals surface area contributed by atoms with E-state index in [1.165, 1.54) is 39.5 Å². The fraction of sp³-hybridized carbons (Fsp3) is 0. The Hall–Kier alpha value is -6.91. The van der Waals surface area contributed by atoms with E-state index in [1.807, 2.05) is 18.2 Å². The van der Waals surface area contributed by atoms with Gasteiger partial charge in [-0.1, -0.05) is 103 Å². The van der Waals surface area contributed by atoms with Crippen LogP contribution < -0.4 is 4.90 Å². The first-order valence-corrected chi connectivity index (χ1v) is 17.5. The molecule has 10 rings (SSSR count). The second-order valence-corrected chi connectivity index (χ2v) is 13.2. The molecule has 52 heavy (non-hydrogen) atoms. The van der Waals surface area contributed by atoms with Gasteiger partial charge < -0.3 is 14.0 Å². The van der Waals surface area contributed by atoms with Crippen molar-refractivity contribution in [2.45, 2.75) is 0 Å². The van der Waals surface area contributed by atoms with Crippen LogP contribution in [0.15, 0.2) is 194 Å². The average molecular weight is 670 g/mol. The molecule has 0 unspecified atom stereocenters. The quantitative estimate of drug-likeness (QED) is 0.172. The van der Waals surface area contributed by atoms with Gasteiger partial charge in [-0.2, -0.15) is 0 Å². The Morgan fingerprint density at radius 1 is 0.327 bits per heavy atom. The maximum atomic E-state index is 14.0. The monoisotopic (exact) mass is 669 g/mol. The molecular weight excluding hydrogens is 638 g/mol. The van der Waals surface area contributed by atoms with E-state index in [0.717, 1.165) is 55.8 Å². The minimum atomic E-state index is -0.246. The van der Waals surface area contributed by atoms with Crippen molar-refractivity contribution >= 4 is 60.7 Å². The Kier molecular flexibility index (Phi) is 7.00. The topological polar surface area (TPSA) is 13.1 Å². The molecule has 0 N–H and O–H groups in total. The summed E-state index contributed by atoms with van der Waals surface area (Å²) in [6.07, 6.45) is 0. The van der Waals surface area contributed by atoms with E-state index in [9.17, 15) is 4.39 Å². The molecule has 0 saturated carbocycles. The van der Waals surface area contributed by atoms with Gasteiger partial charge in [-0.15, -0.1) is 0 Å². The van der Waals surface area contributed by atoms with Crippen LogP contribution >= 0.6 is 0 Å². The number of rotatable bonds is 6. The van der Waals surface area contributed by atoms with E-state index < -0.39 is 0 Å². The van der Waals surface area contributed by atoms with E-state index >= 15 is 0 Å². The fourth-order valence-electron chi connectivity index (χ4n) is 7.80. The van der Waals surface area contributed by atoms with Crippen LogP contribution in [0.1, 0.15) is 0 Å². The highest BCUT2D eigenvalue weighted by atomic mass is 19.1. The van der Waals surface area contributed by atoms with Crippen LogP contribution in [0.4, 0.5) is 21.5 Å². The van der Waals surface area contributed by atoms with Crippen LogP contribution in [0.25, 0.3) is 66.1 Å². The molecule has 4 heteroatoms. The normalized spacial score (nSPS) is 11.6. The lowest BCUT2D eigenvalue weighted by Gasteiger charge is -2.26. The highest BCUT2D eigenvalue weighted by Crippen LogP contribution is 2.42. The molecule has 8 aromatic carbocycles. The lowest BCUT2D eigenvalue weighted by molar-refractivity contribution is 0.627. The van der Waals surface area contributed by atoms with Gasteiger partial charge in [0.05, 0.1) is 22.1 Å². The molecule has 0 aliphatic carbocycles. The van der Waals surface area contributed by atoms with Crippen molar-refractivity contribution < 1.29 is 4.39 Å². The number of nitrogens with zero attached hydrogens (tertiary/aromatic N) is 3. The number of halogens is 1. The molecule has 10 aromatic rings. The van der Waals surface area contributed by atoms with Crippen molar-refractivity contribution in [1.82, 2.24) is 9.13 Å². The Bertz CT molecular complexity index is 2890. The zero-order valence-corrected chi connectivity index (χ0v) is 28.2. The third kappa shape index (κ3) is 4.88.